The van der Waals surface area contributed by atoms with E-state index in [0.717, 1.165) is 10.1 Å². The van der Waals surface area contributed by atoms with Crippen molar-refractivity contribution in [2.75, 3.05) is 5.73 Å². The molecule has 0 unspecified atom stereocenters. The molecule has 74 valence electrons. The predicted molar refractivity (Wildman–Crippen MR) is 56.2 cm³/mol. The van der Waals surface area contributed by atoms with Crippen LogP contribution in [0.2, 0.25) is 5.02 Å². The molecule has 0 bridgehead atoms. The molecule has 0 atom stereocenters. The lowest BCUT2D eigenvalue weighted by Crippen LogP contribution is -1.84. The summed E-state index contributed by atoms with van der Waals surface area (Å²) in [6.07, 6.45) is -2.55. The quantitative estimate of drug-likeness (QED) is 0.789. The van der Waals surface area contributed by atoms with Crippen LogP contribution in [0.1, 0.15) is 12.0 Å². The zero-order valence-electron chi connectivity index (χ0n) is 6.93. The van der Waals surface area contributed by atoms with Crippen molar-refractivity contribution in [3.8, 4) is 0 Å². The Kier molecular flexibility index (Phi) is 2.33. The van der Waals surface area contributed by atoms with Crippen LogP contribution in [0.3, 0.4) is 0 Å². The summed E-state index contributed by atoms with van der Waals surface area (Å²) < 4.78 is 25.6. The Morgan fingerprint density at radius 1 is 1.29 bits per heavy atom. The van der Waals surface area contributed by atoms with Crippen molar-refractivity contribution in [2.24, 2.45) is 0 Å². The molecule has 0 spiro atoms. The third kappa shape index (κ3) is 1.55. The van der Waals surface area contributed by atoms with Gasteiger partial charge in [0.2, 0.25) is 0 Å². The summed E-state index contributed by atoms with van der Waals surface area (Å²) in [7, 11) is 0. The van der Waals surface area contributed by atoms with Crippen molar-refractivity contribution in [2.45, 2.75) is 6.43 Å². The van der Waals surface area contributed by atoms with Crippen LogP contribution in [0, 0.1) is 0 Å². The van der Waals surface area contributed by atoms with Gasteiger partial charge in [-0.1, -0.05) is 11.6 Å². The lowest BCUT2D eigenvalue weighted by molar-refractivity contribution is 0.151. The maximum Gasteiger partial charge on any atom is 0.265 e. The molecule has 0 saturated carbocycles. The van der Waals surface area contributed by atoms with Crippen molar-refractivity contribution in [1.82, 2.24) is 0 Å². The van der Waals surface area contributed by atoms with Gasteiger partial charge in [-0.05, 0) is 23.6 Å². The SMILES string of the molecule is Nc1cc2cc(Cl)c(C(F)F)cc2s1. The average molecular weight is 234 g/mol. The smallest absolute Gasteiger partial charge is 0.265 e. The van der Waals surface area contributed by atoms with E-state index in [1.807, 2.05) is 0 Å². The minimum atomic E-state index is -2.55. The molecule has 1 aromatic carbocycles. The average Bonchev–Trinajstić information content (AvgIpc) is 2.42. The number of nitrogens with two attached hydrogens (primary N) is 1. The number of rotatable bonds is 1. The minimum Gasteiger partial charge on any atom is -0.391 e. The van der Waals surface area contributed by atoms with Crippen LogP contribution in [0.4, 0.5) is 13.8 Å². The summed E-state index contributed by atoms with van der Waals surface area (Å²) in [5.74, 6) is 0. The Labute approximate surface area is 88.1 Å². The highest BCUT2D eigenvalue weighted by molar-refractivity contribution is 7.22. The van der Waals surface area contributed by atoms with E-state index >= 15 is 0 Å². The van der Waals surface area contributed by atoms with Crippen molar-refractivity contribution in [3.05, 3.63) is 28.8 Å². The first-order valence-corrected chi connectivity index (χ1v) is 5.04. The van der Waals surface area contributed by atoms with Crippen molar-refractivity contribution in [1.29, 1.82) is 0 Å². The van der Waals surface area contributed by atoms with Gasteiger partial charge in [-0.15, -0.1) is 11.3 Å². The molecule has 5 heteroatoms. The highest BCUT2D eigenvalue weighted by Crippen LogP contribution is 2.35. The van der Waals surface area contributed by atoms with Gasteiger partial charge in [-0.3, -0.25) is 0 Å². The van der Waals surface area contributed by atoms with E-state index < -0.39 is 6.43 Å². The van der Waals surface area contributed by atoms with Crippen molar-refractivity contribution >= 4 is 38.0 Å². The van der Waals surface area contributed by atoms with E-state index in [9.17, 15) is 8.78 Å². The monoisotopic (exact) mass is 233 g/mol. The van der Waals surface area contributed by atoms with Gasteiger partial charge in [-0.25, -0.2) is 8.78 Å². The molecule has 0 aliphatic rings. The number of hydrogen-bond acceptors (Lipinski definition) is 2. The Hall–Kier alpha value is -0.870. The standard InChI is InChI=1S/C9H6ClF2NS/c10-6-1-4-2-8(13)14-7(4)3-5(6)9(11)12/h1-3,9H,13H2. The van der Waals surface area contributed by atoms with E-state index in [1.165, 1.54) is 23.5 Å². The molecule has 2 rings (SSSR count). The second kappa shape index (κ2) is 3.37. The molecule has 14 heavy (non-hydrogen) atoms. The summed E-state index contributed by atoms with van der Waals surface area (Å²) in [6.45, 7) is 0. The summed E-state index contributed by atoms with van der Waals surface area (Å²) in [4.78, 5) is 0. The number of anilines is 1. The highest BCUT2D eigenvalue weighted by atomic mass is 35.5. The molecule has 0 aliphatic carbocycles. The minimum absolute atomic E-state index is 0.0882. The van der Waals surface area contributed by atoms with E-state index in [1.54, 1.807) is 6.07 Å². The van der Waals surface area contributed by atoms with Gasteiger partial charge in [0.1, 0.15) is 0 Å². The molecule has 1 nitrogen and oxygen atoms in total. The van der Waals surface area contributed by atoms with Crippen molar-refractivity contribution < 1.29 is 8.78 Å². The summed E-state index contributed by atoms with van der Waals surface area (Å²) in [5, 5.41) is 1.50. The number of nitrogen functional groups attached to an aromatic ring is 1. The van der Waals surface area contributed by atoms with Gasteiger partial charge in [0, 0.05) is 10.3 Å². The summed E-state index contributed by atoms with van der Waals surface area (Å²) >= 11 is 6.97. The molecular formula is C9H6ClF2NS. The molecule has 0 saturated heterocycles. The van der Waals surface area contributed by atoms with Crippen LogP contribution >= 0.6 is 22.9 Å². The zero-order valence-corrected chi connectivity index (χ0v) is 8.50. The molecule has 1 aromatic heterocycles. The predicted octanol–water partition coefficient (Wildman–Crippen LogP) is 4.07. The van der Waals surface area contributed by atoms with E-state index in [2.05, 4.69) is 0 Å². The van der Waals surface area contributed by atoms with Gasteiger partial charge in [-0.2, -0.15) is 0 Å². The lowest BCUT2D eigenvalue weighted by Gasteiger charge is -2.02. The lowest BCUT2D eigenvalue weighted by atomic mass is 10.2. The maximum absolute atomic E-state index is 12.5. The molecular weight excluding hydrogens is 228 g/mol. The normalized spacial score (nSPS) is 11.4. The van der Waals surface area contributed by atoms with Gasteiger partial charge < -0.3 is 5.73 Å². The van der Waals surface area contributed by atoms with E-state index in [0.29, 0.717) is 5.00 Å². The van der Waals surface area contributed by atoms with Crippen LogP contribution in [0.25, 0.3) is 10.1 Å². The van der Waals surface area contributed by atoms with Crippen molar-refractivity contribution in [3.63, 3.8) is 0 Å². The number of benzene rings is 1. The number of alkyl halides is 2. The number of fused-ring (bicyclic) bond motifs is 1. The van der Waals surface area contributed by atoms with Crippen LogP contribution < -0.4 is 5.73 Å². The fraction of sp³-hybridized carbons (Fsp3) is 0.111. The first-order valence-electron chi connectivity index (χ1n) is 3.84. The number of hydrogen-bond donors (Lipinski definition) is 1. The number of halogens is 3. The third-order valence-electron chi connectivity index (χ3n) is 1.89. The second-order valence-electron chi connectivity index (χ2n) is 2.86. The van der Waals surface area contributed by atoms with Crippen LogP contribution in [0.5, 0.6) is 0 Å². The molecule has 0 radical (unpaired) electrons. The largest absolute Gasteiger partial charge is 0.391 e. The first kappa shape index (κ1) is 9.68. The second-order valence-corrected chi connectivity index (χ2v) is 4.38. The van der Waals surface area contributed by atoms with Crippen LogP contribution in [-0.4, -0.2) is 0 Å². The molecule has 0 aliphatic heterocycles. The van der Waals surface area contributed by atoms with Gasteiger partial charge in [0.15, 0.2) is 0 Å². The summed E-state index contributed by atoms with van der Waals surface area (Å²) in [6, 6.07) is 4.63. The van der Waals surface area contributed by atoms with Gasteiger partial charge >= 0.3 is 0 Å². The van der Waals surface area contributed by atoms with E-state index in [4.69, 9.17) is 17.3 Å². The fourth-order valence-corrected chi connectivity index (χ4v) is 2.38. The topological polar surface area (TPSA) is 26.0 Å². The molecule has 0 fully saturated rings. The Morgan fingerprint density at radius 3 is 2.64 bits per heavy atom. The van der Waals surface area contributed by atoms with E-state index in [-0.39, 0.29) is 10.6 Å². The maximum atomic E-state index is 12.5. The van der Waals surface area contributed by atoms with Gasteiger partial charge in [0.05, 0.1) is 10.0 Å². The first-order chi connectivity index (χ1) is 6.58. The molecule has 1 heterocycles. The zero-order chi connectivity index (χ0) is 10.3. The third-order valence-corrected chi connectivity index (χ3v) is 3.14. The molecule has 2 N–H and O–H groups in total. The van der Waals surface area contributed by atoms with Crippen LogP contribution in [0.15, 0.2) is 18.2 Å². The molecule has 2 aromatic rings. The Morgan fingerprint density at radius 2 is 2.00 bits per heavy atom. The Balaban J connectivity index is 2.70. The fourth-order valence-electron chi connectivity index (χ4n) is 1.26. The van der Waals surface area contributed by atoms with Crippen LogP contribution in [-0.2, 0) is 0 Å². The summed E-state index contributed by atoms with van der Waals surface area (Å²) in [5.41, 5.74) is 5.42. The molecule has 0 amide bonds. The highest BCUT2D eigenvalue weighted by Gasteiger charge is 2.13. The number of thiophene rings is 1. The van der Waals surface area contributed by atoms with Gasteiger partial charge in [0.25, 0.3) is 6.43 Å². The Bertz CT molecular complexity index is 481.